The minimum Gasteiger partial charge on any atom is -0.493 e. The van der Waals surface area contributed by atoms with Crippen molar-refractivity contribution in [3.05, 3.63) is 29.8 Å². The van der Waals surface area contributed by atoms with E-state index >= 15 is 0 Å². The van der Waals surface area contributed by atoms with E-state index in [1.807, 2.05) is 24.3 Å². The lowest BCUT2D eigenvalue weighted by atomic mass is 10.2. The lowest BCUT2D eigenvalue weighted by Gasteiger charge is -2.12. The van der Waals surface area contributed by atoms with E-state index in [0.717, 1.165) is 5.56 Å². The minimum absolute atomic E-state index is 0.0910. The lowest BCUT2D eigenvalue weighted by Crippen LogP contribution is -2.16. The molecule has 0 spiro atoms. The largest absolute Gasteiger partial charge is 0.493 e. The molecule has 0 radical (unpaired) electrons. The second-order valence-electron chi connectivity index (χ2n) is 4.20. The summed E-state index contributed by atoms with van der Waals surface area (Å²) in [6.07, 6.45) is 0. The number of ether oxygens (including phenoxy) is 2. The van der Waals surface area contributed by atoms with Crippen molar-refractivity contribution in [3.8, 4) is 5.75 Å². The Balaban J connectivity index is 2.50. The molecular formula is C12H17ClO4S. The van der Waals surface area contributed by atoms with Crippen molar-refractivity contribution in [3.63, 3.8) is 0 Å². The molecule has 0 heterocycles. The Morgan fingerprint density at radius 2 is 2.11 bits per heavy atom. The molecule has 0 aliphatic carbocycles. The summed E-state index contributed by atoms with van der Waals surface area (Å²) in [5.41, 5.74) is 1.01. The van der Waals surface area contributed by atoms with Gasteiger partial charge in [0, 0.05) is 23.7 Å². The zero-order valence-electron chi connectivity index (χ0n) is 10.4. The normalized spacial score (nSPS) is 13.3. The summed E-state index contributed by atoms with van der Waals surface area (Å²) in [5, 5.41) is 0. The average molecular weight is 293 g/mol. The summed E-state index contributed by atoms with van der Waals surface area (Å²) in [7, 11) is 3.33. The molecule has 0 amide bonds. The molecule has 0 fully saturated rings. The number of hydrogen-bond donors (Lipinski definition) is 0. The van der Waals surface area contributed by atoms with E-state index in [0.29, 0.717) is 19.0 Å². The molecule has 1 unspecified atom stereocenters. The van der Waals surface area contributed by atoms with Crippen molar-refractivity contribution >= 4 is 19.7 Å². The predicted molar refractivity (Wildman–Crippen MR) is 71.5 cm³/mol. The van der Waals surface area contributed by atoms with Crippen LogP contribution in [0.5, 0.6) is 5.75 Å². The van der Waals surface area contributed by atoms with Gasteiger partial charge in [-0.3, -0.25) is 0 Å². The van der Waals surface area contributed by atoms with Crippen molar-refractivity contribution in [2.24, 2.45) is 5.92 Å². The van der Waals surface area contributed by atoms with E-state index in [-0.39, 0.29) is 11.7 Å². The molecule has 1 aromatic carbocycles. The summed E-state index contributed by atoms with van der Waals surface area (Å²) in [5.74, 6) is 0.453. The van der Waals surface area contributed by atoms with Gasteiger partial charge in [-0.1, -0.05) is 19.1 Å². The van der Waals surface area contributed by atoms with Crippen LogP contribution < -0.4 is 4.74 Å². The van der Waals surface area contributed by atoms with Crippen LogP contribution in [0.3, 0.4) is 0 Å². The fourth-order valence-corrected chi connectivity index (χ4v) is 2.94. The summed E-state index contributed by atoms with van der Waals surface area (Å²) < 4.78 is 32.3. The van der Waals surface area contributed by atoms with Gasteiger partial charge < -0.3 is 9.47 Å². The van der Waals surface area contributed by atoms with E-state index in [9.17, 15) is 8.42 Å². The zero-order chi connectivity index (χ0) is 13.6. The van der Waals surface area contributed by atoms with Crippen LogP contribution in [-0.2, 0) is 20.4 Å². The molecule has 6 heteroatoms. The highest BCUT2D eigenvalue weighted by Gasteiger charge is 2.13. The Morgan fingerprint density at radius 1 is 1.39 bits per heavy atom. The molecule has 0 saturated heterocycles. The predicted octanol–water partition coefficient (Wildman–Crippen LogP) is 2.42. The van der Waals surface area contributed by atoms with Crippen LogP contribution in [0, 0.1) is 5.92 Å². The van der Waals surface area contributed by atoms with E-state index in [1.165, 1.54) is 0 Å². The van der Waals surface area contributed by atoms with Crippen molar-refractivity contribution in [1.82, 2.24) is 0 Å². The fraction of sp³-hybridized carbons (Fsp3) is 0.500. The fourth-order valence-electron chi connectivity index (χ4n) is 1.52. The topological polar surface area (TPSA) is 52.6 Å². The molecule has 1 rings (SSSR count). The highest BCUT2D eigenvalue weighted by Crippen LogP contribution is 2.15. The van der Waals surface area contributed by atoms with Gasteiger partial charge in [0.1, 0.15) is 5.75 Å². The van der Waals surface area contributed by atoms with Gasteiger partial charge in [-0.25, -0.2) is 8.42 Å². The minimum atomic E-state index is -3.47. The van der Waals surface area contributed by atoms with Crippen LogP contribution in [0.25, 0.3) is 0 Å². The van der Waals surface area contributed by atoms with Gasteiger partial charge in [-0.05, 0) is 17.7 Å². The smallest absolute Gasteiger partial charge is 0.232 e. The first-order valence-electron chi connectivity index (χ1n) is 5.53. The lowest BCUT2D eigenvalue weighted by molar-refractivity contribution is 0.184. The molecule has 0 N–H and O–H groups in total. The van der Waals surface area contributed by atoms with Crippen LogP contribution in [0.4, 0.5) is 0 Å². The molecule has 1 atom stereocenters. The van der Waals surface area contributed by atoms with Crippen molar-refractivity contribution in [1.29, 1.82) is 0 Å². The molecule has 1 aromatic rings. The second-order valence-corrected chi connectivity index (χ2v) is 7.02. The van der Waals surface area contributed by atoms with Crippen LogP contribution >= 0.6 is 10.7 Å². The zero-order valence-corrected chi connectivity index (χ0v) is 12.0. The first-order valence-corrected chi connectivity index (χ1v) is 8.01. The summed E-state index contributed by atoms with van der Waals surface area (Å²) in [6, 6.07) is 7.49. The Bertz CT molecular complexity index is 473. The number of halogens is 1. The molecule has 0 bridgehead atoms. The second kappa shape index (κ2) is 6.97. The molecule has 4 nitrogen and oxygen atoms in total. The Kier molecular flexibility index (Phi) is 5.91. The Hall–Kier alpha value is -0.780. The van der Waals surface area contributed by atoms with Gasteiger partial charge in [-0.2, -0.15) is 0 Å². The maximum atomic E-state index is 10.9. The van der Waals surface area contributed by atoms with Gasteiger partial charge in [0.05, 0.1) is 19.0 Å². The van der Waals surface area contributed by atoms with Gasteiger partial charge in [0.25, 0.3) is 0 Å². The van der Waals surface area contributed by atoms with Crippen LogP contribution in [0.15, 0.2) is 24.3 Å². The molecule has 0 aliphatic heterocycles. The molecular weight excluding hydrogens is 276 g/mol. The number of hydrogen-bond acceptors (Lipinski definition) is 4. The third-order valence-corrected chi connectivity index (χ3v) is 3.57. The number of benzene rings is 1. The van der Waals surface area contributed by atoms with Gasteiger partial charge in [0.15, 0.2) is 0 Å². The van der Waals surface area contributed by atoms with Gasteiger partial charge >= 0.3 is 0 Å². The Labute approximate surface area is 112 Å². The SMILES string of the molecule is COCc1cccc(OCC(C)CS(=O)(=O)Cl)c1. The third-order valence-electron chi connectivity index (χ3n) is 2.23. The van der Waals surface area contributed by atoms with E-state index in [4.69, 9.17) is 20.2 Å². The molecule has 0 saturated carbocycles. The summed E-state index contributed by atoms with van der Waals surface area (Å²) in [4.78, 5) is 0. The van der Waals surface area contributed by atoms with Gasteiger partial charge in [0.2, 0.25) is 9.05 Å². The van der Waals surface area contributed by atoms with E-state index < -0.39 is 9.05 Å². The average Bonchev–Trinajstić information content (AvgIpc) is 2.25. The molecule has 102 valence electrons. The summed E-state index contributed by atoms with van der Waals surface area (Å²) in [6.45, 7) is 2.60. The van der Waals surface area contributed by atoms with E-state index in [1.54, 1.807) is 14.0 Å². The first-order chi connectivity index (χ1) is 8.40. The highest BCUT2D eigenvalue weighted by atomic mass is 35.7. The molecule has 18 heavy (non-hydrogen) atoms. The Morgan fingerprint density at radius 3 is 2.72 bits per heavy atom. The van der Waals surface area contributed by atoms with E-state index in [2.05, 4.69) is 0 Å². The quantitative estimate of drug-likeness (QED) is 0.724. The first kappa shape index (κ1) is 15.3. The standard InChI is InChI=1S/C12H17ClO4S/c1-10(9-18(13,14)15)7-17-12-5-3-4-11(6-12)8-16-2/h3-6,10H,7-9H2,1-2H3. The van der Waals surface area contributed by atoms with Crippen molar-refractivity contribution in [2.75, 3.05) is 19.5 Å². The molecule has 0 aromatic heterocycles. The van der Waals surface area contributed by atoms with Crippen molar-refractivity contribution < 1.29 is 17.9 Å². The monoisotopic (exact) mass is 292 g/mol. The highest BCUT2D eigenvalue weighted by molar-refractivity contribution is 8.13. The third kappa shape index (κ3) is 6.23. The molecule has 0 aliphatic rings. The number of methoxy groups -OCH3 is 1. The van der Waals surface area contributed by atoms with Crippen LogP contribution in [0.2, 0.25) is 0 Å². The van der Waals surface area contributed by atoms with Gasteiger partial charge in [-0.15, -0.1) is 0 Å². The van der Waals surface area contributed by atoms with Crippen LogP contribution in [-0.4, -0.2) is 27.9 Å². The van der Waals surface area contributed by atoms with Crippen molar-refractivity contribution in [2.45, 2.75) is 13.5 Å². The maximum absolute atomic E-state index is 10.9. The number of rotatable bonds is 7. The summed E-state index contributed by atoms with van der Waals surface area (Å²) >= 11 is 0. The van der Waals surface area contributed by atoms with Crippen LogP contribution in [0.1, 0.15) is 12.5 Å². The maximum Gasteiger partial charge on any atom is 0.232 e.